The number of imidazole rings is 1. The number of rotatable bonds is 5. The summed E-state index contributed by atoms with van der Waals surface area (Å²) in [6, 6.07) is 9.88. The fourth-order valence-electron chi connectivity index (χ4n) is 3.10. The molecule has 0 bridgehead atoms. The zero-order valence-electron chi connectivity index (χ0n) is 20.5. The number of carbonyl (C=O) groups is 2. The van der Waals surface area contributed by atoms with Crippen molar-refractivity contribution in [3.05, 3.63) is 71.4 Å². The van der Waals surface area contributed by atoms with Crippen molar-refractivity contribution in [3.8, 4) is 23.1 Å². The van der Waals surface area contributed by atoms with Crippen LogP contribution in [0.15, 0.2) is 48.7 Å². The molecule has 7 nitrogen and oxygen atoms in total. The van der Waals surface area contributed by atoms with Crippen molar-refractivity contribution in [2.75, 3.05) is 11.9 Å². The maximum Gasteiger partial charge on any atom is 0.421 e. The lowest BCUT2D eigenvalue weighted by molar-refractivity contribution is 0.0543. The minimum atomic E-state index is -0.801. The largest absolute Gasteiger partial charge is 0.449 e. The Kier molecular flexibility index (Phi) is 8.43. The number of hydrogen-bond donors (Lipinski definition) is 1. The van der Waals surface area contributed by atoms with Crippen LogP contribution in [-0.4, -0.2) is 33.9 Å². The van der Waals surface area contributed by atoms with E-state index in [-0.39, 0.29) is 18.1 Å². The maximum absolute atomic E-state index is 13.5. The zero-order valence-corrected chi connectivity index (χ0v) is 20.5. The van der Waals surface area contributed by atoms with Crippen molar-refractivity contribution >= 4 is 18.1 Å². The van der Waals surface area contributed by atoms with Gasteiger partial charge in [0.15, 0.2) is 0 Å². The van der Waals surface area contributed by atoms with Crippen molar-refractivity contribution < 1.29 is 27.8 Å². The Hall–Kier alpha value is -4.19. The molecular formula is C27H27F2N3O4. The van der Waals surface area contributed by atoms with Gasteiger partial charge in [-0.2, -0.15) is 0 Å². The quantitative estimate of drug-likeness (QED) is 0.329. The van der Waals surface area contributed by atoms with E-state index < -0.39 is 29.4 Å². The van der Waals surface area contributed by atoms with Crippen LogP contribution in [-0.2, 0) is 9.47 Å². The molecule has 0 aliphatic heterocycles. The van der Waals surface area contributed by atoms with Crippen LogP contribution in [0.25, 0.3) is 11.3 Å². The number of ether oxygens (including phenoxy) is 2. The van der Waals surface area contributed by atoms with E-state index >= 15 is 0 Å². The number of nitrogens with one attached hydrogen (secondary N) is 1. The summed E-state index contributed by atoms with van der Waals surface area (Å²) >= 11 is 0. The first-order valence-corrected chi connectivity index (χ1v) is 11.4. The Morgan fingerprint density at radius 1 is 1.06 bits per heavy atom. The maximum atomic E-state index is 13.5. The van der Waals surface area contributed by atoms with Crippen molar-refractivity contribution in [2.45, 2.75) is 46.1 Å². The van der Waals surface area contributed by atoms with Gasteiger partial charge in [-0.3, -0.25) is 5.32 Å². The van der Waals surface area contributed by atoms with Gasteiger partial charge in [0.1, 0.15) is 17.2 Å². The van der Waals surface area contributed by atoms with Gasteiger partial charge in [-0.25, -0.2) is 27.9 Å². The standard InChI is InChI=1S/C27H27F2N3O4/c1-5-6-12-35-25(33)31-24-30-17-23(32(24)26(34)36-27(2,3)4)20-9-7-8-18(13-20)10-11-19-14-21(28)16-22(29)15-19/h7-9,13-17H,5-6,12H2,1-4H3,(H,30,31,33). The summed E-state index contributed by atoms with van der Waals surface area (Å²) in [5.41, 5.74) is 0.810. The summed E-state index contributed by atoms with van der Waals surface area (Å²) in [5.74, 6) is 4.09. The van der Waals surface area contributed by atoms with E-state index in [1.165, 1.54) is 6.20 Å². The number of nitrogens with zero attached hydrogens (tertiary/aromatic N) is 2. The minimum Gasteiger partial charge on any atom is -0.449 e. The van der Waals surface area contributed by atoms with Crippen LogP contribution in [0.5, 0.6) is 0 Å². The fraction of sp³-hybridized carbons (Fsp3) is 0.296. The number of unbranched alkanes of at least 4 members (excludes halogenated alkanes) is 1. The summed E-state index contributed by atoms with van der Waals surface area (Å²) in [7, 11) is 0. The van der Waals surface area contributed by atoms with Crippen molar-refractivity contribution in [1.29, 1.82) is 0 Å². The Morgan fingerprint density at radius 3 is 2.42 bits per heavy atom. The molecule has 3 aromatic rings. The highest BCUT2D eigenvalue weighted by Crippen LogP contribution is 2.26. The second kappa shape index (κ2) is 11.5. The molecule has 0 aliphatic carbocycles. The molecular weight excluding hydrogens is 468 g/mol. The third kappa shape index (κ3) is 7.40. The van der Waals surface area contributed by atoms with E-state index in [1.807, 2.05) is 6.92 Å². The molecule has 0 aliphatic rings. The van der Waals surface area contributed by atoms with E-state index in [9.17, 15) is 18.4 Å². The number of carbonyl (C=O) groups excluding carboxylic acids is 2. The molecule has 0 spiro atoms. The molecule has 0 atom stereocenters. The molecule has 1 N–H and O–H groups in total. The summed E-state index contributed by atoms with van der Waals surface area (Å²) in [6.07, 6.45) is 1.49. The molecule has 36 heavy (non-hydrogen) atoms. The van der Waals surface area contributed by atoms with E-state index in [1.54, 1.807) is 45.0 Å². The molecule has 0 saturated carbocycles. The highest BCUT2D eigenvalue weighted by molar-refractivity contribution is 5.88. The van der Waals surface area contributed by atoms with Crippen LogP contribution in [0.1, 0.15) is 51.7 Å². The number of benzene rings is 2. The Bertz CT molecular complexity index is 1300. The number of halogens is 2. The van der Waals surface area contributed by atoms with Crippen LogP contribution in [0, 0.1) is 23.5 Å². The van der Waals surface area contributed by atoms with Crippen LogP contribution in [0.4, 0.5) is 24.3 Å². The predicted molar refractivity (Wildman–Crippen MR) is 132 cm³/mol. The zero-order chi connectivity index (χ0) is 26.3. The van der Waals surface area contributed by atoms with Crippen molar-refractivity contribution in [1.82, 2.24) is 9.55 Å². The van der Waals surface area contributed by atoms with Gasteiger partial charge in [0.25, 0.3) is 0 Å². The number of amides is 1. The van der Waals surface area contributed by atoms with Crippen LogP contribution < -0.4 is 5.32 Å². The van der Waals surface area contributed by atoms with Gasteiger partial charge in [0.2, 0.25) is 5.95 Å². The lowest BCUT2D eigenvalue weighted by Gasteiger charge is -2.21. The number of aromatic nitrogens is 2. The van der Waals surface area contributed by atoms with Crippen LogP contribution in [0.3, 0.4) is 0 Å². The molecule has 1 amide bonds. The molecule has 2 aromatic carbocycles. The molecule has 9 heteroatoms. The van der Waals surface area contributed by atoms with Gasteiger partial charge >= 0.3 is 12.2 Å². The van der Waals surface area contributed by atoms with E-state index in [0.29, 0.717) is 23.2 Å². The summed E-state index contributed by atoms with van der Waals surface area (Å²) in [5, 5.41) is 2.49. The highest BCUT2D eigenvalue weighted by atomic mass is 19.1. The average Bonchev–Trinajstić information content (AvgIpc) is 3.20. The van der Waals surface area contributed by atoms with E-state index in [2.05, 4.69) is 22.1 Å². The summed E-state index contributed by atoms with van der Waals surface area (Å²) in [6.45, 7) is 7.37. The molecule has 0 fully saturated rings. The first kappa shape index (κ1) is 26.4. The molecule has 3 rings (SSSR count). The lowest BCUT2D eigenvalue weighted by Crippen LogP contribution is -2.29. The molecule has 0 radical (unpaired) electrons. The van der Waals surface area contributed by atoms with Crippen LogP contribution in [0.2, 0.25) is 0 Å². The molecule has 1 aromatic heterocycles. The van der Waals surface area contributed by atoms with E-state index in [4.69, 9.17) is 9.47 Å². The smallest absolute Gasteiger partial charge is 0.421 e. The van der Waals surface area contributed by atoms with Gasteiger partial charge in [-0.1, -0.05) is 37.3 Å². The Labute approximate surface area is 208 Å². The summed E-state index contributed by atoms with van der Waals surface area (Å²) in [4.78, 5) is 29.4. The predicted octanol–water partition coefficient (Wildman–Crippen LogP) is 6.36. The minimum absolute atomic E-state index is 0.0625. The Morgan fingerprint density at radius 2 is 1.75 bits per heavy atom. The van der Waals surface area contributed by atoms with Crippen LogP contribution >= 0.6 is 0 Å². The fourth-order valence-corrected chi connectivity index (χ4v) is 3.10. The lowest BCUT2D eigenvalue weighted by atomic mass is 10.1. The van der Waals surface area contributed by atoms with Gasteiger partial charge < -0.3 is 9.47 Å². The van der Waals surface area contributed by atoms with Gasteiger partial charge in [-0.15, -0.1) is 0 Å². The molecule has 0 unspecified atom stereocenters. The summed E-state index contributed by atoms with van der Waals surface area (Å²) < 4.78 is 38.7. The second-order valence-electron chi connectivity index (χ2n) is 8.89. The molecule has 188 valence electrons. The topological polar surface area (TPSA) is 82.5 Å². The normalized spacial score (nSPS) is 10.8. The third-order valence-electron chi connectivity index (χ3n) is 4.65. The van der Waals surface area contributed by atoms with Gasteiger partial charge in [-0.05, 0) is 51.5 Å². The molecule has 0 saturated heterocycles. The van der Waals surface area contributed by atoms with Gasteiger partial charge in [0.05, 0.1) is 18.5 Å². The average molecular weight is 496 g/mol. The Balaban J connectivity index is 1.96. The number of anilines is 1. The highest BCUT2D eigenvalue weighted by Gasteiger charge is 2.25. The third-order valence-corrected chi connectivity index (χ3v) is 4.65. The SMILES string of the molecule is CCCCOC(=O)Nc1ncc(-c2cccc(C#Cc3cc(F)cc(F)c3)c2)n1C(=O)OC(C)(C)C. The van der Waals surface area contributed by atoms with Gasteiger partial charge in [0, 0.05) is 22.8 Å². The monoisotopic (exact) mass is 495 g/mol. The first-order valence-electron chi connectivity index (χ1n) is 11.4. The number of hydrogen-bond acceptors (Lipinski definition) is 5. The van der Waals surface area contributed by atoms with Crippen molar-refractivity contribution in [2.24, 2.45) is 0 Å². The second-order valence-corrected chi connectivity index (χ2v) is 8.89. The first-order chi connectivity index (χ1) is 17.1. The van der Waals surface area contributed by atoms with Crippen molar-refractivity contribution in [3.63, 3.8) is 0 Å². The van der Waals surface area contributed by atoms with E-state index in [0.717, 1.165) is 29.2 Å². The molecule has 1 heterocycles.